The Morgan fingerprint density at radius 3 is 3.05 bits per heavy atom. The molecule has 20 heavy (non-hydrogen) atoms. The van der Waals surface area contributed by atoms with Gasteiger partial charge in [0.15, 0.2) is 0 Å². The van der Waals surface area contributed by atoms with Crippen LogP contribution in [0.1, 0.15) is 35.2 Å². The summed E-state index contributed by atoms with van der Waals surface area (Å²) >= 11 is 0. The van der Waals surface area contributed by atoms with Crippen LogP contribution in [0.5, 0.6) is 0 Å². The molecule has 3 rings (SSSR count). The lowest BCUT2D eigenvalue weighted by atomic mass is 10.0. The van der Waals surface area contributed by atoms with Crippen LogP contribution >= 0.6 is 0 Å². The zero-order valence-corrected chi connectivity index (χ0v) is 12.0. The smallest absolute Gasteiger partial charge is 0.254 e. The molecule has 0 atom stereocenters. The molecule has 1 saturated carbocycles. The monoisotopic (exact) mass is 274 g/mol. The van der Waals surface area contributed by atoms with Crippen LogP contribution in [0.4, 0.5) is 5.69 Å². The van der Waals surface area contributed by atoms with Gasteiger partial charge in [-0.1, -0.05) is 0 Å². The first-order valence-electron chi connectivity index (χ1n) is 7.46. The Bertz CT molecular complexity index is 497. The van der Waals surface area contributed by atoms with Gasteiger partial charge < -0.3 is 15.0 Å². The van der Waals surface area contributed by atoms with Gasteiger partial charge in [-0.05, 0) is 49.4 Å². The van der Waals surface area contributed by atoms with Crippen molar-refractivity contribution in [1.82, 2.24) is 4.90 Å². The standard InChI is InChI=1S/C16H22N2O2/c1-20-10-9-18(14-5-6-14)16(19)13-4-7-15-12(11-13)3-2-8-17-15/h4,7,11,14,17H,2-3,5-6,8-10H2,1H3. The Morgan fingerprint density at radius 2 is 2.30 bits per heavy atom. The zero-order valence-electron chi connectivity index (χ0n) is 12.0. The van der Waals surface area contributed by atoms with E-state index in [9.17, 15) is 4.79 Å². The Kier molecular flexibility index (Phi) is 3.92. The fourth-order valence-electron chi connectivity index (χ4n) is 2.80. The maximum absolute atomic E-state index is 12.7. The van der Waals surface area contributed by atoms with Gasteiger partial charge in [-0.15, -0.1) is 0 Å². The molecule has 0 saturated heterocycles. The molecule has 1 fully saturated rings. The molecule has 1 aromatic carbocycles. The SMILES string of the molecule is COCCN(C(=O)c1ccc2c(c1)CCCN2)C1CC1. The maximum Gasteiger partial charge on any atom is 0.254 e. The van der Waals surface area contributed by atoms with Gasteiger partial charge in [0.2, 0.25) is 0 Å². The summed E-state index contributed by atoms with van der Waals surface area (Å²) in [4.78, 5) is 14.6. The van der Waals surface area contributed by atoms with Gasteiger partial charge in [0.1, 0.15) is 0 Å². The number of amides is 1. The molecule has 4 heteroatoms. The lowest BCUT2D eigenvalue weighted by Crippen LogP contribution is -2.36. The van der Waals surface area contributed by atoms with E-state index in [1.165, 1.54) is 11.3 Å². The lowest BCUT2D eigenvalue weighted by molar-refractivity contribution is 0.0680. The van der Waals surface area contributed by atoms with Crippen molar-refractivity contribution in [3.63, 3.8) is 0 Å². The van der Waals surface area contributed by atoms with Gasteiger partial charge in [0.25, 0.3) is 5.91 Å². The van der Waals surface area contributed by atoms with Gasteiger partial charge in [0.05, 0.1) is 6.61 Å². The molecule has 4 nitrogen and oxygen atoms in total. The highest BCUT2D eigenvalue weighted by Crippen LogP contribution is 2.29. The largest absolute Gasteiger partial charge is 0.385 e. The van der Waals surface area contributed by atoms with E-state index in [1.54, 1.807) is 7.11 Å². The summed E-state index contributed by atoms with van der Waals surface area (Å²) in [6, 6.07) is 6.48. The van der Waals surface area contributed by atoms with Crippen LogP contribution in [-0.2, 0) is 11.2 Å². The maximum atomic E-state index is 12.7. The quantitative estimate of drug-likeness (QED) is 0.895. The number of hydrogen-bond donors (Lipinski definition) is 1. The van der Waals surface area contributed by atoms with Crippen molar-refractivity contribution >= 4 is 11.6 Å². The average molecular weight is 274 g/mol. The van der Waals surface area contributed by atoms with Crippen molar-refractivity contribution in [2.24, 2.45) is 0 Å². The second-order valence-electron chi connectivity index (χ2n) is 5.62. The fraction of sp³-hybridized carbons (Fsp3) is 0.562. The molecule has 0 spiro atoms. The third kappa shape index (κ3) is 2.80. The predicted octanol–water partition coefficient (Wildman–Crippen LogP) is 2.30. The zero-order chi connectivity index (χ0) is 13.9. The van der Waals surface area contributed by atoms with E-state index in [0.29, 0.717) is 19.2 Å². The van der Waals surface area contributed by atoms with Crippen molar-refractivity contribution in [3.05, 3.63) is 29.3 Å². The molecule has 1 heterocycles. The summed E-state index contributed by atoms with van der Waals surface area (Å²) in [7, 11) is 1.68. The highest BCUT2D eigenvalue weighted by Gasteiger charge is 2.32. The molecule has 0 aromatic heterocycles. The number of rotatable bonds is 5. The molecule has 2 aliphatic rings. The van der Waals surface area contributed by atoms with E-state index in [-0.39, 0.29) is 5.91 Å². The minimum Gasteiger partial charge on any atom is -0.385 e. The Labute approximate surface area is 120 Å². The second kappa shape index (κ2) is 5.83. The minimum atomic E-state index is 0.151. The first kappa shape index (κ1) is 13.4. The van der Waals surface area contributed by atoms with E-state index in [2.05, 4.69) is 11.4 Å². The lowest BCUT2D eigenvalue weighted by Gasteiger charge is -2.24. The summed E-state index contributed by atoms with van der Waals surface area (Å²) in [6.07, 6.45) is 4.45. The number of fused-ring (bicyclic) bond motifs is 1. The van der Waals surface area contributed by atoms with Gasteiger partial charge in [-0.2, -0.15) is 0 Å². The van der Waals surface area contributed by atoms with Crippen molar-refractivity contribution in [2.45, 2.75) is 31.7 Å². The number of benzene rings is 1. The van der Waals surface area contributed by atoms with Crippen LogP contribution in [0.25, 0.3) is 0 Å². The Hall–Kier alpha value is -1.55. The summed E-state index contributed by atoms with van der Waals surface area (Å²) < 4.78 is 5.12. The molecule has 0 unspecified atom stereocenters. The number of ether oxygens (including phenoxy) is 1. The van der Waals surface area contributed by atoms with E-state index >= 15 is 0 Å². The van der Waals surface area contributed by atoms with E-state index in [1.807, 2.05) is 17.0 Å². The number of hydrogen-bond acceptors (Lipinski definition) is 3. The molecular weight excluding hydrogens is 252 g/mol. The number of carbonyl (C=O) groups excluding carboxylic acids is 1. The molecular formula is C16H22N2O2. The van der Waals surface area contributed by atoms with Crippen LogP contribution in [0.15, 0.2) is 18.2 Å². The highest BCUT2D eigenvalue weighted by molar-refractivity contribution is 5.95. The molecule has 1 aliphatic heterocycles. The highest BCUT2D eigenvalue weighted by atomic mass is 16.5. The molecule has 108 valence electrons. The average Bonchev–Trinajstić information content (AvgIpc) is 3.32. The van der Waals surface area contributed by atoms with Crippen LogP contribution in [0.2, 0.25) is 0 Å². The summed E-state index contributed by atoms with van der Waals surface area (Å²) in [5, 5.41) is 3.38. The second-order valence-corrected chi connectivity index (χ2v) is 5.62. The molecule has 0 radical (unpaired) electrons. The van der Waals surface area contributed by atoms with Crippen molar-refractivity contribution in [3.8, 4) is 0 Å². The number of methoxy groups -OCH3 is 1. The third-order valence-electron chi connectivity index (χ3n) is 4.08. The molecule has 0 bridgehead atoms. The van der Waals surface area contributed by atoms with Crippen LogP contribution in [0.3, 0.4) is 0 Å². The Morgan fingerprint density at radius 1 is 1.45 bits per heavy atom. The fourth-order valence-corrected chi connectivity index (χ4v) is 2.80. The molecule has 1 aromatic rings. The van der Waals surface area contributed by atoms with Gasteiger partial charge in [-0.3, -0.25) is 4.79 Å². The molecule has 1 amide bonds. The van der Waals surface area contributed by atoms with Gasteiger partial charge >= 0.3 is 0 Å². The molecule has 1 N–H and O–H groups in total. The van der Waals surface area contributed by atoms with Gasteiger partial charge in [-0.25, -0.2) is 0 Å². The normalized spacial score (nSPS) is 17.2. The summed E-state index contributed by atoms with van der Waals surface area (Å²) in [5.41, 5.74) is 3.27. The summed E-state index contributed by atoms with van der Waals surface area (Å²) in [5.74, 6) is 0.151. The van der Waals surface area contributed by atoms with Crippen LogP contribution in [0, 0.1) is 0 Å². The van der Waals surface area contributed by atoms with Crippen molar-refractivity contribution in [1.29, 1.82) is 0 Å². The first-order valence-corrected chi connectivity index (χ1v) is 7.46. The van der Waals surface area contributed by atoms with Crippen LogP contribution < -0.4 is 5.32 Å². The van der Waals surface area contributed by atoms with Crippen LogP contribution in [-0.4, -0.2) is 43.7 Å². The van der Waals surface area contributed by atoms with E-state index < -0.39 is 0 Å². The van der Waals surface area contributed by atoms with E-state index in [0.717, 1.165) is 37.8 Å². The van der Waals surface area contributed by atoms with Crippen molar-refractivity contribution < 1.29 is 9.53 Å². The topological polar surface area (TPSA) is 41.6 Å². The number of nitrogens with one attached hydrogen (secondary N) is 1. The number of aryl methyl sites for hydroxylation is 1. The first-order chi connectivity index (χ1) is 9.79. The number of nitrogens with zero attached hydrogens (tertiary/aromatic N) is 1. The minimum absolute atomic E-state index is 0.151. The van der Waals surface area contributed by atoms with E-state index in [4.69, 9.17) is 4.74 Å². The number of anilines is 1. The Balaban J connectivity index is 1.78. The predicted molar refractivity (Wildman–Crippen MR) is 79.2 cm³/mol. The number of carbonyl (C=O) groups is 1. The third-order valence-corrected chi connectivity index (χ3v) is 4.08. The van der Waals surface area contributed by atoms with Crippen molar-refractivity contribution in [2.75, 3.05) is 32.1 Å². The summed E-state index contributed by atoms with van der Waals surface area (Å²) in [6.45, 7) is 2.33. The van der Waals surface area contributed by atoms with Gasteiger partial charge in [0, 0.05) is 37.5 Å². The molecule has 1 aliphatic carbocycles.